The van der Waals surface area contributed by atoms with Gasteiger partial charge in [-0.3, -0.25) is 9.59 Å². The zero-order valence-corrected chi connectivity index (χ0v) is 9.51. The molecule has 1 N–H and O–H groups in total. The van der Waals surface area contributed by atoms with Crippen LogP contribution in [0.4, 0.5) is 0 Å². The highest BCUT2D eigenvalue weighted by Gasteiger charge is 2.18. The molecule has 0 aliphatic heterocycles. The van der Waals surface area contributed by atoms with Crippen LogP contribution in [0.5, 0.6) is 0 Å². The number of terminal acetylenes is 1. The molecule has 0 saturated heterocycles. The summed E-state index contributed by atoms with van der Waals surface area (Å²) in [5, 5.41) is 8.71. The number of amides is 1. The minimum absolute atomic E-state index is 0.0144. The van der Waals surface area contributed by atoms with Crippen LogP contribution in [0, 0.1) is 19.3 Å². The summed E-state index contributed by atoms with van der Waals surface area (Å²) in [6.45, 7) is 1.39. The summed E-state index contributed by atoms with van der Waals surface area (Å²) in [6.07, 6.45) is 5.12. The molecule has 0 heterocycles. The molecule has 0 aliphatic rings. The quantitative estimate of drug-likeness (QED) is 0.791. The molecule has 0 saturated carbocycles. The van der Waals surface area contributed by atoms with Crippen LogP contribution in [0.2, 0.25) is 0 Å². The normalized spacial score (nSPS) is 9.41. The molecule has 1 aromatic rings. The maximum atomic E-state index is 12.1. The molecule has 4 heteroatoms. The number of hydrogen-bond donors (Lipinski definition) is 1. The fraction of sp³-hybridized carbons (Fsp3) is 0.231. The van der Waals surface area contributed by atoms with Crippen LogP contribution < -0.4 is 0 Å². The lowest BCUT2D eigenvalue weighted by atomic mass is 10.1. The summed E-state index contributed by atoms with van der Waals surface area (Å²) in [5.41, 5.74) is 1.27. The summed E-state index contributed by atoms with van der Waals surface area (Å²) < 4.78 is 0. The fourth-order valence-corrected chi connectivity index (χ4v) is 1.46. The largest absolute Gasteiger partial charge is 0.480 e. The number of carbonyl (C=O) groups is 2. The highest BCUT2D eigenvalue weighted by atomic mass is 16.4. The van der Waals surface area contributed by atoms with Gasteiger partial charge in [-0.2, -0.15) is 0 Å². The van der Waals surface area contributed by atoms with Crippen molar-refractivity contribution >= 4 is 11.9 Å². The third kappa shape index (κ3) is 3.35. The van der Waals surface area contributed by atoms with Crippen LogP contribution in [0.1, 0.15) is 15.9 Å². The summed E-state index contributed by atoms with van der Waals surface area (Å²) >= 11 is 0. The average Bonchev–Trinajstić information content (AvgIpc) is 2.28. The zero-order valence-electron chi connectivity index (χ0n) is 9.51. The van der Waals surface area contributed by atoms with Crippen molar-refractivity contribution in [1.82, 2.24) is 4.90 Å². The Hall–Kier alpha value is -2.28. The first-order valence-corrected chi connectivity index (χ1v) is 5.06. The van der Waals surface area contributed by atoms with E-state index in [1.165, 1.54) is 0 Å². The molecule has 1 amide bonds. The second-order valence-corrected chi connectivity index (χ2v) is 3.57. The Labute approximate surface area is 99.9 Å². The first-order valence-electron chi connectivity index (χ1n) is 5.06. The Morgan fingerprint density at radius 2 is 2.06 bits per heavy atom. The van der Waals surface area contributed by atoms with Crippen molar-refractivity contribution in [3.63, 3.8) is 0 Å². The van der Waals surface area contributed by atoms with Crippen molar-refractivity contribution in [3.05, 3.63) is 35.4 Å². The van der Waals surface area contributed by atoms with Crippen LogP contribution in [0.3, 0.4) is 0 Å². The van der Waals surface area contributed by atoms with Gasteiger partial charge in [0.25, 0.3) is 5.91 Å². The topological polar surface area (TPSA) is 57.6 Å². The zero-order chi connectivity index (χ0) is 12.8. The minimum atomic E-state index is -1.08. The Morgan fingerprint density at radius 1 is 1.41 bits per heavy atom. The summed E-state index contributed by atoms with van der Waals surface area (Å²) in [6, 6.07) is 7.00. The predicted molar refractivity (Wildman–Crippen MR) is 63.6 cm³/mol. The van der Waals surface area contributed by atoms with E-state index in [9.17, 15) is 9.59 Å². The van der Waals surface area contributed by atoms with Crippen LogP contribution in [-0.2, 0) is 4.79 Å². The van der Waals surface area contributed by atoms with Crippen molar-refractivity contribution in [3.8, 4) is 12.3 Å². The number of rotatable bonds is 4. The van der Waals surface area contributed by atoms with E-state index in [0.29, 0.717) is 5.56 Å². The average molecular weight is 231 g/mol. The Balaban J connectivity index is 2.96. The van der Waals surface area contributed by atoms with Gasteiger partial charge in [0, 0.05) is 5.56 Å². The van der Waals surface area contributed by atoms with Crippen LogP contribution in [0.25, 0.3) is 0 Å². The first kappa shape index (κ1) is 12.8. The Morgan fingerprint density at radius 3 is 2.59 bits per heavy atom. The molecule has 0 unspecified atom stereocenters. The molecular weight excluding hydrogens is 218 g/mol. The minimum Gasteiger partial charge on any atom is -0.480 e. The molecule has 1 rings (SSSR count). The van der Waals surface area contributed by atoms with Crippen LogP contribution in [-0.4, -0.2) is 35.0 Å². The molecule has 1 aromatic carbocycles. The molecule has 88 valence electrons. The Kier molecular flexibility index (Phi) is 4.29. The molecule has 17 heavy (non-hydrogen) atoms. The molecule has 0 bridgehead atoms. The van der Waals surface area contributed by atoms with Crippen molar-refractivity contribution < 1.29 is 14.7 Å². The molecule has 0 aromatic heterocycles. The number of nitrogens with zero attached hydrogens (tertiary/aromatic N) is 1. The van der Waals surface area contributed by atoms with E-state index in [-0.39, 0.29) is 12.5 Å². The molecule has 0 aliphatic carbocycles. The lowest BCUT2D eigenvalue weighted by Gasteiger charge is -2.18. The second kappa shape index (κ2) is 5.71. The standard InChI is InChI=1S/C13H13NO3/c1-3-8-14(9-12(15)16)13(17)11-7-5-4-6-10(11)2/h1,4-7H,8-9H2,2H3,(H,15,16). The third-order valence-electron chi connectivity index (χ3n) is 2.27. The Bertz CT molecular complexity index is 474. The molecule has 0 radical (unpaired) electrons. The van der Waals surface area contributed by atoms with Crippen molar-refractivity contribution in [2.45, 2.75) is 6.92 Å². The maximum absolute atomic E-state index is 12.1. The van der Waals surface area contributed by atoms with Crippen LogP contribution >= 0.6 is 0 Å². The highest BCUT2D eigenvalue weighted by molar-refractivity contribution is 5.97. The molecule has 0 spiro atoms. The fourth-order valence-electron chi connectivity index (χ4n) is 1.46. The first-order chi connectivity index (χ1) is 8.06. The summed E-state index contributed by atoms with van der Waals surface area (Å²) in [7, 11) is 0. The van der Waals surface area contributed by atoms with Gasteiger partial charge in [0.15, 0.2) is 0 Å². The number of carboxylic acids is 1. The van der Waals surface area contributed by atoms with E-state index >= 15 is 0 Å². The monoisotopic (exact) mass is 231 g/mol. The second-order valence-electron chi connectivity index (χ2n) is 3.57. The third-order valence-corrected chi connectivity index (χ3v) is 2.27. The lowest BCUT2D eigenvalue weighted by molar-refractivity contribution is -0.137. The number of aliphatic carboxylic acids is 1. The van der Waals surface area contributed by atoms with E-state index in [0.717, 1.165) is 10.5 Å². The van der Waals surface area contributed by atoms with Gasteiger partial charge in [0.2, 0.25) is 0 Å². The van der Waals surface area contributed by atoms with E-state index in [1.807, 2.05) is 6.07 Å². The van der Waals surface area contributed by atoms with Gasteiger partial charge < -0.3 is 10.0 Å². The van der Waals surface area contributed by atoms with Crippen molar-refractivity contribution in [1.29, 1.82) is 0 Å². The van der Waals surface area contributed by atoms with E-state index in [2.05, 4.69) is 5.92 Å². The SMILES string of the molecule is C#CCN(CC(=O)O)C(=O)c1ccccc1C. The lowest BCUT2D eigenvalue weighted by Crippen LogP contribution is -2.36. The molecule has 0 atom stereocenters. The van der Waals surface area contributed by atoms with E-state index < -0.39 is 12.5 Å². The smallest absolute Gasteiger partial charge is 0.323 e. The van der Waals surface area contributed by atoms with E-state index in [4.69, 9.17) is 11.5 Å². The number of benzene rings is 1. The van der Waals surface area contributed by atoms with Crippen molar-refractivity contribution in [2.75, 3.05) is 13.1 Å². The molecule has 4 nitrogen and oxygen atoms in total. The van der Waals surface area contributed by atoms with Gasteiger partial charge in [-0.05, 0) is 18.6 Å². The van der Waals surface area contributed by atoms with Gasteiger partial charge in [0.1, 0.15) is 6.54 Å². The van der Waals surface area contributed by atoms with Gasteiger partial charge in [-0.15, -0.1) is 6.42 Å². The summed E-state index contributed by atoms with van der Waals surface area (Å²) in [4.78, 5) is 23.8. The van der Waals surface area contributed by atoms with Gasteiger partial charge in [-0.1, -0.05) is 24.1 Å². The predicted octanol–water partition coefficient (Wildman–Crippen LogP) is 1.16. The number of carboxylic acid groups (broad SMARTS) is 1. The van der Waals surface area contributed by atoms with Gasteiger partial charge in [-0.25, -0.2) is 0 Å². The number of carbonyl (C=O) groups excluding carboxylic acids is 1. The van der Waals surface area contributed by atoms with Crippen molar-refractivity contribution in [2.24, 2.45) is 0 Å². The summed E-state index contributed by atoms with van der Waals surface area (Å²) in [5.74, 6) is 0.846. The number of hydrogen-bond acceptors (Lipinski definition) is 2. The van der Waals surface area contributed by atoms with E-state index in [1.54, 1.807) is 25.1 Å². The van der Waals surface area contributed by atoms with Gasteiger partial charge in [0.05, 0.1) is 6.54 Å². The van der Waals surface area contributed by atoms with Crippen LogP contribution in [0.15, 0.2) is 24.3 Å². The highest BCUT2D eigenvalue weighted by Crippen LogP contribution is 2.10. The molecular formula is C13H13NO3. The maximum Gasteiger partial charge on any atom is 0.323 e. The number of aryl methyl sites for hydroxylation is 1. The van der Waals surface area contributed by atoms with Gasteiger partial charge >= 0.3 is 5.97 Å². The molecule has 0 fully saturated rings.